The van der Waals surface area contributed by atoms with Gasteiger partial charge in [-0.05, 0) is 37.7 Å². The number of alkyl carbamates (subject to hydrolysis) is 1. The molecule has 4 nitrogen and oxygen atoms in total. The molecule has 22 heavy (non-hydrogen) atoms. The van der Waals surface area contributed by atoms with Crippen molar-refractivity contribution >= 4 is 18.0 Å². The van der Waals surface area contributed by atoms with Crippen molar-refractivity contribution in [2.75, 3.05) is 0 Å². The van der Waals surface area contributed by atoms with Gasteiger partial charge >= 0.3 is 6.09 Å². The van der Waals surface area contributed by atoms with Gasteiger partial charge in [0.1, 0.15) is 6.10 Å². The van der Waals surface area contributed by atoms with E-state index in [1.54, 1.807) is 0 Å². The fraction of sp³-hybridized carbons (Fsp3) is 0.444. The standard InChI is InChI=1S/C18H21NO3/c20-17-11-10-16(17)19-18(21)22-15-8-6-14(7-9-15)12-13-4-2-1-3-5-13/h1-5,12,15-16H,6-11H2,(H,19,21)/t15?,16-/m0/s1. The molecule has 2 fully saturated rings. The number of hydrogen-bond donors (Lipinski definition) is 1. The molecule has 2 aliphatic rings. The minimum Gasteiger partial charge on any atom is -0.446 e. The molecule has 1 atom stereocenters. The van der Waals surface area contributed by atoms with Gasteiger partial charge in [0.05, 0.1) is 6.04 Å². The molecule has 0 saturated heterocycles. The first kappa shape index (κ1) is 14.8. The Kier molecular flexibility index (Phi) is 4.56. The maximum absolute atomic E-state index is 11.7. The lowest BCUT2D eigenvalue weighted by atomic mass is 9.91. The van der Waals surface area contributed by atoms with E-state index < -0.39 is 6.09 Å². The summed E-state index contributed by atoms with van der Waals surface area (Å²) in [7, 11) is 0. The fourth-order valence-electron chi connectivity index (χ4n) is 2.90. The van der Waals surface area contributed by atoms with Crippen molar-refractivity contribution in [2.24, 2.45) is 0 Å². The van der Waals surface area contributed by atoms with Crippen LogP contribution in [0.2, 0.25) is 0 Å². The van der Waals surface area contributed by atoms with Crippen LogP contribution in [-0.4, -0.2) is 24.0 Å². The molecule has 0 bridgehead atoms. The van der Waals surface area contributed by atoms with E-state index in [1.807, 2.05) is 18.2 Å². The summed E-state index contributed by atoms with van der Waals surface area (Å²) < 4.78 is 5.42. The first-order valence-corrected chi connectivity index (χ1v) is 7.95. The number of ketones is 1. The molecule has 3 rings (SSSR count). The number of rotatable bonds is 3. The zero-order chi connectivity index (χ0) is 15.4. The zero-order valence-electron chi connectivity index (χ0n) is 12.6. The minimum atomic E-state index is -0.446. The lowest BCUT2D eigenvalue weighted by Gasteiger charge is -2.28. The number of carbonyl (C=O) groups excluding carboxylic acids is 2. The Hall–Kier alpha value is -2.10. The lowest BCUT2D eigenvalue weighted by Crippen LogP contribution is -2.48. The predicted molar refractivity (Wildman–Crippen MR) is 84.3 cm³/mol. The Morgan fingerprint density at radius 1 is 1.09 bits per heavy atom. The second kappa shape index (κ2) is 6.77. The molecule has 0 aliphatic heterocycles. The highest BCUT2D eigenvalue weighted by molar-refractivity contribution is 5.92. The molecule has 0 radical (unpaired) electrons. The van der Waals surface area contributed by atoms with E-state index >= 15 is 0 Å². The summed E-state index contributed by atoms with van der Waals surface area (Å²) in [5.41, 5.74) is 2.62. The molecule has 0 unspecified atom stereocenters. The summed E-state index contributed by atoms with van der Waals surface area (Å²) >= 11 is 0. The van der Waals surface area contributed by atoms with Gasteiger partial charge in [-0.15, -0.1) is 0 Å². The van der Waals surface area contributed by atoms with Gasteiger partial charge in [-0.25, -0.2) is 4.79 Å². The van der Waals surface area contributed by atoms with Gasteiger partial charge in [-0.2, -0.15) is 0 Å². The minimum absolute atomic E-state index is 0.0388. The maximum atomic E-state index is 11.7. The quantitative estimate of drug-likeness (QED) is 0.929. The molecule has 0 aromatic heterocycles. The van der Waals surface area contributed by atoms with Crippen LogP contribution in [0.25, 0.3) is 6.08 Å². The van der Waals surface area contributed by atoms with E-state index in [4.69, 9.17) is 4.74 Å². The largest absolute Gasteiger partial charge is 0.446 e. The maximum Gasteiger partial charge on any atom is 0.407 e. The first-order chi connectivity index (χ1) is 10.7. The van der Waals surface area contributed by atoms with Gasteiger partial charge in [-0.1, -0.05) is 42.0 Å². The number of ether oxygens (including phenoxy) is 1. The van der Waals surface area contributed by atoms with Gasteiger partial charge in [0.2, 0.25) is 0 Å². The Labute approximate surface area is 130 Å². The lowest BCUT2D eigenvalue weighted by molar-refractivity contribution is -0.126. The van der Waals surface area contributed by atoms with Crippen LogP contribution in [0, 0.1) is 0 Å². The summed E-state index contributed by atoms with van der Waals surface area (Å²) in [6, 6.07) is 9.96. The van der Waals surface area contributed by atoms with E-state index in [0.29, 0.717) is 6.42 Å². The highest BCUT2D eigenvalue weighted by Gasteiger charge is 2.30. The van der Waals surface area contributed by atoms with Crippen LogP contribution in [0.1, 0.15) is 44.1 Å². The average molecular weight is 299 g/mol. The molecule has 2 saturated carbocycles. The third-order valence-electron chi connectivity index (χ3n) is 4.38. The summed E-state index contributed by atoms with van der Waals surface area (Å²) in [5.74, 6) is 0.105. The normalized spacial score (nSPS) is 24.4. The molecule has 4 heteroatoms. The van der Waals surface area contributed by atoms with E-state index in [9.17, 15) is 9.59 Å². The van der Waals surface area contributed by atoms with Crippen molar-refractivity contribution in [3.63, 3.8) is 0 Å². The predicted octanol–water partition coefficient (Wildman–Crippen LogP) is 3.47. The number of amides is 1. The monoisotopic (exact) mass is 299 g/mol. The van der Waals surface area contributed by atoms with Crippen LogP contribution < -0.4 is 5.32 Å². The molecular formula is C18H21NO3. The van der Waals surface area contributed by atoms with E-state index in [-0.39, 0.29) is 17.9 Å². The van der Waals surface area contributed by atoms with Crippen LogP contribution in [-0.2, 0) is 9.53 Å². The zero-order valence-corrected chi connectivity index (χ0v) is 12.6. The van der Waals surface area contributed by atoms with Crippen molar-refractivity contribution in [1.29, 1.82) is 0 Å². The molecule has 1 N–H and O–H groups in total. The molecule has 0 heterocycles. The molecule has 116 valence electrons. The third kappa shape index (κ3) is 3.75. The summed E-state index contributed by atoms with van der Waals surface area (Å²) in [6.07, 6.45) is 6.66. The number of benzene rings is 1. The second-order valence-electron chi connectivity index (χ2n) is 6.02. The van der Waals surface area contributed by atoms with Crippen molar-refractivity contribution in [1.82, 2.24) is 5.32 Å². The molecule has 2 aliphatic carbocycles. The molecular weight excluding hydrogens is 278 g/mol. The summed E-state index contributed by atoms with van der Waals surface area (Å²) in [4.78, 5) is 22.9. The summed E-state index contributed by atoms with van der Waals surface area (Å²) in [5, 5.41) is 2.64. The van der Waals surface area contributed by atoms with Crippen LogP contribution in [0.15, 0.2) is 35.9 Å². The molecule has 1 amide bonds. The molecule has 0 spiro atoms. The number of Topliss-reactive ketones (excluding diaryl/α,β-unsaturated/α-hetero) is 1. The number of allylic oxidation sites excluding steroid dienone is 1. The van der Waals surface area contributed by atoms with Gasteiger partial charge in [0, 0.05) is 6.42 Å². The van der Waals surface area contributed by atoms with Crippen LogP contribution in [0.5, 0.6) is 0 Å². The Balaban J connectivity index is 1.44. The van der Waals surface area contributed by atoms with E-state index in [2.05, 4.69) is 23.5 Å². The third-order valence-corrected chi connectivity index (χ3v) is 4.38. The second-order valence-corrected chi connectivity index (χ2v) is 6.02. The van der Waals surface area contributed by atoms with Gasteiger partial charge in [-0.3, -0.25) is 4.79 Å². The van der Waals surface area contributed by atoms with E-state index in [0.717, 1.165) is 32.1 Å². The summed E-state index contributed by atoms with van der Waals surface area (Å²) in [6.45, 7) is 0. The smallest absolute Gasteiger partial charge is 0.407 e. The Morgan fingerprint density at radius 2 is 1.82 bits per heavy atom. The Morgan fingerprint density at radius 3 is 2.41 bits per heavy atom. The number of carbonyl (C=O) groups is 2. The highest BCUT2D eigenvalue weighted by Crippen LogP contribution is 2.27. The Bertz CT molecular complexity index is 569. The fourth-order valence-corrected chi connectivity index (χ4v) is 2.90. The number of hydrogen-bond acceptors (Lipinski definition) is 3. The topological polar surface area (TPSA) is 55.4 Å². The van der Waals surface area contributed by atoms with Crippen molar-refractivity contribution in [3.8, 4) is 0 Å². The molecule has 1 aromatic rings. The van der Waals surface area contributed by atoms with Gasteiger partial charge in [0.25, 0.3) is 0 Å². The van der Waals surface area contributed by atoms with Gasteiger partial charge in [0.15, 0.2) is 5.78 Å². The highest BCUT2D eigenvalue weighted by atomic mass is 16.6. The van der Waals surface area contributed by atoms with Crippen LogP contribution in [0.3, 0.4) is 0 Å². The SMILES string of the molecule is O=C(N[C@H]1CCC1=O)OC1CCC(=Cc2ccccc2)CC1. The van der Waals surface area contributed by atoms with Crippen LogP contribution >= 0.6 is 0 Å². The van der Waals surface area contributed by atoms with Crippen molar-refractivity contribution in [3.05, 3.63) is 41.5 Å². The molecule has 1 aromatic carbocycles. The van der Waals surface area contributed by atoms with Gasteiger partial charge < -0.3 is 10.1 Å². The van der Waals surface area contributed by atoms with E-state index in [1.165, 1.54) is 11.1 Å². The van der Waals surface area contributed by atoms with Crippen LogP contribution in [0.4, 0.5) is 4.79 Å². The first-order valence-electron chi connectivity index (χ1n) is 7.95. The number of nitrogens with one attached hydrogen (secondary N) is 1. The average Bonchev–Trinajstić information content (AvgIpc) is 2.54. The van der Waals surface area contributed by atoms with Crippen molar-refractivity contribution < 1.29 is 14.3 Å². The van der Waals surface area contributed by atoms with Crippen molar-refractivity contribution in [2.45, 2.75) is 50.7 Å².